The molecule has 0 radical (unpaired) electrons. The summed E-state index contributed by atoms with van der Waals surface area (Å²) in [7, 11) is 0. The zero-order valence-corrected chi connectivity index (χ0v) is 14.9. The molecule has 0 amide bonds. The summed E-state index contributed by atoms with van der Waals surface area (Å²) in [5.74, 6) is 1.80. The predicted molar refractivity (Wildman–Crippen MR) is 93.6 cm³/mol. The molecule has 2 aromatic rings. The lowest BCUT2D eigenvalue weighted by atomic mass is 10.3. The Bertz CT molecular complexity index is 690. The van der Waals surface area contributed by atoms with Crippen LogP contribution in [0.3, 0.4) is 0 Å². The summed E-state index contributed by atoms with van der Waals surface area (Å²) < 4.78 is 2.32. The largest absolute Gasteiger partial charge is 0.341 e. The number of nitrogens with zero attached hydrogens (tertiary/aromatic N) is 5. The lowest BCUT2D eigenvalue weighted by molar-refractivity contribution is 0.651. The van der Waals surface area contributed by atoms with Crippen LogP contribution in [0.15, 0.2) is 17.3 Å². The third-order valence-electron chi connectivity index (χ3n) is 4.14. The maximum atomic E-state index is 5.97. The normalized spacial score (nSPS) is 17.9. The summed E-state index contributed by atoms with van der Waals surface area (Å²) >= 11 is 13.6. The van der Waals surface area contributed by atoms with Gasteiger partial charge in [-0.05, 0) is 43.4 Å². The zero-order valence-electron chi connectivity index (χ0n) is 12.6. The van der Waals surface area contributed by atoms with E-state index in [0.29, 0.717) is 16.3 Å². The van der Waals surface area contributed by atoms with Gasteiger partial charge in [-0.25, -0.2) is 4.98 Å². The number of hydrogen-bond donors (Lipinski definition) is 0. The van der Waals surface area contributed by atoms with Gasteiger partial charge in [0.1, 0.15) is 10.3 Å². The summed E-state index contributed by atoms with van der Waals surface area (Å²) in [6, 6.07) is 4.26. The van der Waals surface area contributed by atoms with Gasteiger partial charge >= 0.3 is 0 Å². The van der Waals surface area contributed by atoms with Crippen molar-refractivity contribution >= 4 is 40.9 Å². The van der Waals surface area contributed by atoms with E-state index in [2.05, 4.69) is 24.6 Å². The molecule has 2 fully saturated rings. The minimum Gasteiger partial charge on any atom is -0.341 e. The van der Waals surface area contributed by atoms with Gasteiger partial charge in [0.05, 0.1) is 0 Å². The maximum Gasteiger partial charge on any atom is 0.228 e. The Morgan fingerprint density at radius 2 is 1.78 bits per heavy atom. The molecule has 1 aliphatic heterocycles. The molecule has 3 heterocycles. The molecule has 1 saturated heterocycles. The number of rotatable bonds is 5. The summed E-state index contributed by atoms with van der Waals surface area (Å²) in [5, 5.41) is 10.7. The number of halogens is 2. The van der Waals surface area contributed by atoms with Crippen molar-refractivity contribution in [2.24, 2.45) is 0 Å². The quantitative estimate of drug-likeness (QED) is 0.583. The first-order valence-electron chi connectivity index (χ1n) is 7.85. The summed E-state index contributed by atoms with van der Waals surface area (Å²) in [5.41, 5.74) is 1.05. The van der Waals surface area contributed by atoms with Gasteiger partial charge in [-0.3, -0.25) is 4.57 Å². The molecule has 0 atom stereocenters. The molecule has 0 spiro atoms. The van der Waals surface area contributed by atoms with Crippen LogP contribution in [0.25, 0.3) is 0 Å². The van der Waals surface area contributed by atoms with Crippen LogP contribution < -0.4 is 4.90 Å². The molecule has 5 nitrogen and oxygen atoms in total. The molecule has 4 rings (SSSR count). The molecule has 8 heteroatoms. The van der Waals surface area contributed by atoms with Gasteiger partial charge in [0, 0.05) is 24.9 Å². The Hall–Kier alpha value is -0.980. The number of hydrogen-bond acceptors (Lipinski definition) is 5. The fourth-order valence-electron chi connectivity index (χ4n) is 2.90. The highest BCUT2D eigenvalue weighted by molar-refractivity contribution is 7.98. The van der Waals surface area contributed by atoms with E-state index in [9.17, 15) is 0 Å². The van der Waals surface area contributed by atoms with Crippen molar-refractivity contribution in [2.75, 3.05) is 18.0 Å². The molecule has 2 aromatic heterocycles. The van der Waals surface area contributed by atoms with E-state index < -0.39 is 0 Å². The summed E-state index contributed by atoms with van der Waals surface area (Å²) in [6.45, 7) is 2.18. The van der Waals surface area contributed by atoms with Crippen LogP contribution in [-0.4, -0.2) is 32.8 Å². The number of pyridine rings is 1. The van der Waals surface area contributed by atoms with E-state index in [0.717, 1.165) is 35.5 Å². The topological polar surface area (TPSA) is 46.8 Å². The summed E-state index contributed by atoms with van der Waals surface area (Å²) in [4.78, 5) is 6.34. The molecular formula is C15H17Cl2N5S. The molecule has 1 aliphatic carbocycles. The first kappa shape index (κ1) is 15.5. The van der Waals surface area contributed by atoms with Crippen LogP contribution in [0.1, 0.15) is 37.3 Å². The van der Waals surface area contributed by atoms with E-state index in [1.54, 1.807) is 11.8 Å². The lowest BCUT2D eigenvalue weighted by Gasteiger charge is -2.17. The maximum absolute atomic E-state index is 5.97. The fraction of sp³-hybridized carbons (Fsp3) is 0.533. The van der Waals surface area contributed by atoms with E-state index in [4.69, 9.17) is 23.2 Å². The van der Waals surface area contributed by atoms with Crippen molar-refractivity contribution in [1.82, 2.24) is 19.7 Å². The van der Waals surface area contributed by atoms with Gasteiger partial charge in [-0.1, -0.05) is 35.0 Å². The molecule has 0 bridgehead atoms. The highest BCUT2D eigenvalue weighted by Crippen LogP contribution is 2.41. The Kier molecular flexibility index (Phi) is 4.39. The smallest absolute Gasteiger partial charge is 0.228 e. The van der Waals surface area contributed by atoms with Crippen molar-refractivity contribution in [3.63, 3.8) is 0 Å². The predicted octanol–water partition coefficient (Wildman–Crippen LogP) is 4.21. The second-order valence-corrected chi connectivity index (χ2v) is 7.70. The van der Waals surface area contributed by atoms with Gasteiger partial charge in [-0.2, -0.15) is 0 Å². The van der Waals surface area contributed by atoms with Crippen molar-refractivity contribution in [1.29, 1.82) is 0 Å². The second-order valence-electron chi connectivity index (χ2n) is 5.99. The summed E-state index contributed by atoms with van der Waals surface area (Å²) in [6.07, 6.45) is 4.93. The van der Waals surface area contributed by atoms with Crippen LogP contribution >= 0.6 is 35.0 Å². The highest BCUT2D eigenvalue weighted by Gasteiger charge is 2.32. The Morgan fingerprint density at radius 1 is 1.09 bits per heavy atom. The van der Waals surface area contributed by atoms with Crippen molar-refractivity contribution < 1.29 is 0 Å². The standard InChI is InChI=1S/C15H17Cl2N5S/c16-12-7-10(8-13(17)18-12)9-23-15-20-19-14(21-5-1-2-6-21)22(15)11-3-4-11/h7-8,11H,1-6,9H2. The van der Waals surface area contributed by atoms with Gasteiger partial charge in [0.25, 0.3) is 0 Å². The minimum atomic E-state index is 0.425. The highest BCUT2D eigenvalue weighted by atomic mass is 35.5. The van der Waals surface area contributed by atoms with Gasteiger partial charge < -0.3 is 4.90 Å². The van der Waals surface area contributed by atoms with E-state index in [1.807, 2.05) is 12.1 Å². The SMILES string of the molecule is Clc1cc(CSc2nnc(N3CCCC3)n2C2CC2)cc(Cl)n1. The molecule has 0 N–H and O–H groups in total. The van der Waals surface area contributed by atoms with Crippen LogP contribution in [0, 0.1) is 0 Å². The van der Waals surface area contributed by atoms with E-state index >= 15 is 0 Å². The monoisotopic (exact) mass is 369 g/mol. The molecule has 1 saturated carbocycles. The van der Waals surface area contributed by atoms with Gasteiger partial charge in [-0.15, -0.1) is 10.2 Å². The van der Waals surface area contributed by atoms with Gasteiger partial charge in [0.2, 0.25) is 5.95 Å². The van der Waals surface area contributed by atoms with Crippen molar-refractivity contribution in [3.05, 3.63) is 28.0 Å². The van der Waals surface area contributed by atoms with Crippen LogP contribution in [0.2, 0.25) is 10.3 Å². The molecule has 122 valence electrons. The molecule has 23 heavy (non-hydrogen) atoms. The lowest BCUT2D eigenvalue weighted by Crippen LogP contribution is -2.22. The number of aromatic nitrogens is 4. The first-order valence-corrected chi connectivity index (χ1v) is 9.59. The molecule has 0 unspecified atom stereocenters. The fourth-order valence-corrected chi connectivity index (χ4v) is 4.33. The Morgan fingerprint density at radius 3 is 2.43 bits per heavy atom. The molecular weight excluding hydrogens is 353 g/mol. The number of thioether (sulfide) groups is 1. The number of anilines is 1. The molecule has 2 aliphatic rings. The minimum absolute atomic E-state index is 0.425. The first-order chi connectivity index (χ1) is 11.2. The van der Waals surface area contributed by atoms with Gasteiger partial charge in [0.15, 0.2) is 5.16 Å². The Labute approximate surface area is 149 Å². The average Bonchev–Trinajstić information content (AvgIpc) is 3.05. The third-order valence-corrected chi connectivity index (χ3v) is 5.54. The molecule has 0 aromatic carbocycles. The second kappa shape index (κ2) is 6.49. The average molecular weight is 370 g/mol. The van der Waals surface area contributed by atoms with Crippen LogP contribution in [-0.2, 0) is 5.75 Å². The van der Waals surface area contributed by atoms with Crippen molar-refractivity contribution in [3.8, 4) is 0 Å². The van der Waals surface area contributed by atoms with Crippen LogP contribution in [0.5, 0.6) is 0 Å². The zero-order chi connectivity index (χ0) is 15.8. The third kappa shape index (κ3) is 3.44. The van der Waals surface area contributed by atoms with Crippen LogP contribution in [0.4, 0.5) is 5.95 Å². The van der Waals surface area contributed by atoms with E-state index in [1.165, 1.54) is 25.7 Å². The Balaban J connectivity index is 1.54. The van der Waals surface area contributed by atoms with E-state index in [-0.39, 0.29) is 0 Å². The van der Waals surface area contributed by atoms with Crippen molar-refractivity contribution in [2.45, 2.75) is 42.6 Å².